The van der Waals surface area contributed by atoms with Gasteiger partial charge in [-0.25, -0.2) is 4.98 Å². The first-order valence-corrected chi connectivity index (χ1v) is 11.4. The molecule has 0 saturated carbocycles. The number of benzene rings is 1. The third-order valence-corrected chi connectivity index (χ3v) is 6.26. The molecule has 1 aromatic carbocycles. The molecule has 3 heterocycles. The second-order valence-corrected chi connectivity index (χ2v) is 8.71. The number of anilines is 1. The number of aryl methyl sites for hydroxylation is 1. The van der Waals surface area contributed by atoms with E-state index in [4.69, 9.17) is 0 Å². The molecule has 32 heavy (non-hydrogen) atoms. The minimum absolute atomic E-state index is 0.0111. The Bertz CT molecular complexity index is 1020. The van der Waals surface area contributed by atoms with Crippen LogP contribution in [0.15, 0.2) is 60.8 Å². The summed E-state index contributed by atoms with van der Waals surface area (Å²) in [5, 5.41) is 3.21. The van der Waals surface area contributed by atoms with Crippen molar-refractivity contribution in [3.63, 3.8) is 0 Å². The minimum Gasteiger partial charge on any atom is -0.354 e. The number of nitrogens with zero attached hydrogens (tertiary/aromatic N) is 4. The zero-order valence-electron chi connectivity index (χ0n) is 19.3. The maximum absolute atomic E-state index is 13.0. The summed E-state index contributed by atoms with van der Waals surface area (Å²) in [4.78, 5) is 22.2. The van der Waals surface area contributed by atoms with E-state index in [0.29, 0.717) is 0 Å². The van der Waals surface area contributed by atoms with E-state index in [1.807, 2.05) is 37.4 Å². The van der Waals surface area contributed by atoms with Crippen molar-refractivity contribution >= 4 is 11.7 Å². The first kappa shape index (κ1) is 22.1. The highest BCUT2D eigenvalue weighted by Crippen LogP contribution is 2.18. The summed E-state index contributed by atoms with van der Waals surface area (Å²) in [7, 11) is 0. The molecular weight excluding hydrogens is 398 g/mol. The average Bonchev–Trinajstić information content (AvgIpc) is 3.09. The molecule has 0 bridgehead atoms. The summed E-state index contributed by atoms with van der Waals surface area (Å²) in [6.07, 6.45) is 1.84. The van der Waals surface area contributed by atoms with E-state index in [-0.39, 0.29) is 11.9 Å². The molecule has 0 aliphatic carbocycles. The molecule has 0 spiro atoms. The van der Waals surface area contributed by atoms with E-state index in [1.54, 1.807) is 0 Å². The predicted octanol–water partition coefficient (Wildman–Crippen LogP) is 3.49. The van der Waals surface area contributed by atoms with Crippen LogP contribution in [0.25, 0.3) is 0 Å². The smallest absolute Gasteiger partial charge is 0.253 e. The van der Waals surface area contributed by atoms with Gasteiger partial charge in [0.25, 0.3) is 5.91 Å². The Morgan fingerprint density at radius 1 is 1.03 bits per heavy atom. The summed E-state index contributed by atoms with van der Waals surface area (Å²) in [6.45, 7) is 11.7. The topological polar surface area (TPSA) is 53.4 Å². The molecule has 1 aliphatic heterocycles. The van der Waals surface area contributed by atoms with Gasteiger partial charge < -0.3 is 14.8 Å². The van der Waals surface area contributed by atoms with E-state index in [1.165, 1.54) is 5.56 Å². The lowest BCUT2D eigenvalue weighted by Gasteiger charge is -2.36. The third kappa shape index (κ3) is 5.19. The van der Waals surface area contributed by atoms with Gasteiger partial charge in [-0.05, 0) is 44.5 Å². The SMILES string of the molecule is Cc1cc(C(=O)NC(C)CN2CCN(c3ccccn3)CC2)c(C)n1Cc1ccccc1. The summed E-state index contributed by atoms with van der Waals surface area (Å²) < 4.78 is 2.21. The fourth-order valence-electron chi connectivity index (χ4n) is 4.48. The second-order valence-electron chi connectivity index (χ2n) is 8.71. The van der Waals surface area contributed by atoms with Crippen molar-refractivity contribution in [2.45, 2.75) is 33.4 Å². The summed E-state index contributed by atoms with van der Waals surface area (Å²) in [5.41, 5.74) is 4.12. The quantitative estimate of drug-likeness (QED) is 0.622. The average molecular weight is 432 g/mol. The molecule has 1 N–H and O–H groups in total. The normalized spacial score (nSPS) is 15.5. The largest absolute Gasteiger partial charge is 0.354 e. The van der Waals surface area contributed by atoms with E-state index >= 15 is 0 Å². The van der Waals surface area contributed by atoms with Crippen LogP contribution in [0.4, 0.5) is 5.82 Å². The molecule has 168 valence electrons. The Morgan fingerprint density at radius 3 is 2.44 bits per heavy atom. The molecule has 0 radical (unpaired) electrons. The molecule has 1 saturated heterocycles. The number of rotatable bonds is 7. The zero-order valence-corrected chi connectivity index (χ0v) is 19.3. The van der Waals surface area contributed by atoms with Crippen LogP contribution in [0.3, 0.4) is 0 Å². The third-order valence-electron chi connectivity index (χ3n) is 6.26. The van der Waals surface area contributed by atoms with Gasteiger partial charge in [-0.3, -0.25) is 9.69 Å². The standard InChI is InChI=1S/C26H33N5O/c1-20(18-29-13-15-30(16-14-29)25-11-7-8-12-27-25)28-26(32)24-17-21(2)31(22(24)3)19-23-9-5-4-6-10-23/h4-12,17,20H,13-16,18-19H2,1-3H3,(H,28,32). The molecule has 2 aromatic heterocycles. The summed E-state index contributed by atoms with van der Waals surface area (Å²) in [6, 6.07) is 18.5. The van der Waals surface area contributed by atoms with Gasteiger partial charge in [0, 0.05) is 62.9 Å². The Balaban J connectivity index is 1.31. The highest BCUT2D eigenvalue weighted by atomic mass is 16.1. The Kier molecular flexibility index (Phi) is 6.90. The zero-order chi connectivity index (χ0) is 22.5. The van der Waals surface area contributed by atoms with Crippen LogP contribution in [0.5, 0.6) is 0 Å². The lowest BCUT2D eigenvalue weighted by molar-refractivity contribution is 0.0927. The first-order chi connectivity index (χ1) is 15.5. The van der Waals surface area contributed by atoms with Crippen molar-refractivity contribution in [2.75, 3.05) is 37.6 Å². The molecule has 1 amide bonds. The minimum atomic E-state index is 0.0111. The van der Waals surface area contributed by atoms with Gasteiger partial charge >= 0.3 is 0 Å². The first-order valence-electron chi connectivity index (χ1n) is 11.4. The van der Waals surface area contributed by atoms with Crippen molar-refractivity contribution in [1.82, 2.24) is 19.8 Å². The molecule has 1 aliphatic rings. The summed E-state index contributed by atoms with van der Waals surface area (Å²) >= 11 is 0. The van der Waals surface area contributed by atoms with Gasteiger partial charge in [-0.15, -0.1) is 0 Å². The Hall–Kier alpha value is -3.12. The molecule has 1 atom stereocenters. The molecule has 1 unspecified atom stereocenters. The highest BCUT2D eigenvalue weighted by molar-refractivity contribution is 5.95. The highest BCUT2D eigenvalue weighted by Gasteiger charge is 2.22. The molecule has 6 heteroatoms. The summed E-state index contributed by atoms with van der Waals surface area (Å²) in [5.74, 6) is 1.05. The van der Waals surface area contributed by atoms with Crippen LogP contribution in [0.2, 0.25) is 0 Å². The van der Waals surface area contributed by atoms with E-state index < -0.39 is 0 Å². The van der Waals surface area contributed by atoms with Crippen LogP contribution < -0.4 is 10.2 Å². The fraction of sp³-hybridized carbons (Fsp3) is 0.385. The van der Waals surface area contributed by atoms with Crippen LogP contribution in [0.1, 0.15) is 34.2 Å². The molecular formula is C26H33N5O. The Morgan fingerprint density at radius 2 is 1.75 bits per heavy atom. The van der Waals surface area contributed by atoms with Crippen LogP contribution in [-0.2, 0) is 6.54 Å². The van der Waals surface area contributed by atoms with Gasteiger partial charge in [0.2, 0.25) is 0 Å². The lowest BCUT2D eigenvalue weighted by atomic mass is 10.2. The lowest BCUT2D eigenvalue weighted by Crippen LogP contribution is -2.51. The van der Waals surface area contributed by atoms with Crippen LogP contribution in [0, 0.1) is 13.8 Å². The number of piperazine rings is 1. The van der Waals surface area contributed by atoms with E-state index in [2.05, 4.69) is 68.8 Å². The van der Waals surface area contributed by atoms with Crippen molar-refractivity contribution in [1.29, 1.82) is 0 Å². The van der Waals surface area contributed by atoms with Crippen molar-refractivity contribution in [2.24, 2.45) is 0 Å². The number of amides is 1. The second kappa shape index (κ2) is 10.0. The van der Waals surface area contributed by atoms with Gasteiger partial charge in [0.15, 0.2) is 0 Å². The van der Waals surface area contributed by atoms with Crippen molar-refractivity contribution in [3.8, 4) is 0 Å². The number of hydrogen-bond donors (Lipinski definition) is 1. The van der Waals surface area contributed by atoms with Crippen molar-refractivity contribution < 1.29 is 4.79 Å². The number of hydrogen-bond acceptors (Lipinski definition) is 4. The number of carbonyl (C=O) groups is 1. The number of nitrogens with one attached hydrogen (secondary N) is 1. The van der Waals surface area contributed by atoms with Gasteiger partial charge in [-0.2, -0.15) is 0 Å². The number of pyridine rings is 1. The molecule has 1 fully saturated rings. The van der Waals surface area contributed by atoms with Gasteiger partial charge in [0.1, 0.15) is 5.82 Å². The van der Waals surface area contributed by atoms with Crippen LogP contribution in [-0.4, -0.2) is 59.1 Å². The fourth-order valence-corrected chi connectivity index (χ4v) is 4.48. The van der Waals surface area contributed by atoms with Gasteiger partial charge in [-0.1, -0.05) is 36.4 Å². The van der Waals surface area contributed by atoms with Gasteiger partial charge in [0.05, 0.1) is 5.56 Å². The molecule has 6 nitrogen and oxygen atoms in total. The van der Waals surface area contributed by atoms with Crippen LogP contribution >= 0.6 is 0 Å². The molecule has 4 rings (SSSR count). The number of aromatic nitrogens is 2. The maximum Gasteiger partial charge on any atom is 0.253 e. The van der Waals surface area contributed by atoms with Crippen molar-refractivity contribution in [3.05, 3.63) is 83.3 Å². The maximum atomic E-state index is 13.0. The van der Waals surface area contributed by atoms with E-state index in [0.717, 1.165) is 62.0 Å². The monoisotopic (exact) mass is 431 g/mol. The molecule has 3 aromatic rings. The van der Waals surface area contributed by atoms with E-state index in [9.17, 15) is 4.79 Å². The predicted molar refractivity (Wildman–Crippen MR) is 129 cm³/mol. The Labute approximate surface area is 190 Å². The number of carbonyl (C=O) groups excluding carboxylic acids is 1.